The van der Waals surface area contributed by atoms with E-state index in [4.69, 9.17) is 11.6 Å². The standard InChI is InChI=1S/C15H16ClNO2/c1-9-3-5-13(10(2)15(9)19)17-8-11-7-12(16)4-6-14(11)18/h3-7,17-19H,8H2,1-2H3. The van der Waals surface area contributed by atoms with Gasteiger partial charge in [0.2, 0.25) is 0 Å². The molecule has 0 amide bonds. The van der Waals surface area contributed by atoms with Crippen molar-refractivity contribution in [3.05, 3.63) is 52.0 Å². The number of hydrogen-bond donors (Lipinski definition) is 3. The van der Waals surface area contributed by atoms with Crippen molar-refractivity contribution in [3.8, 4) is 11.5 Å². The first kappa shape index (κ1) is 13.6. The molecule has 0 aliphatic heterocycles. The predicted octanol–water partition coefficient (Wildman–Crippen LogP) is 3.98. The highest BCUT2D eigenvalue weighted by Crippen LogP contribution is 2.29. The lowest BCUT2D eigenvalue weighted by molar-refractivity contribution is 0.467. The van der Waals surface area contributed by atoms with Crippen LogP contribution in [0.3, 0.4) is 0 Å². The van der Waals surface area contributed by atoms with Crippen molar-refractivity contribution in [1.82, 2.24) is 0 Å². The van der Waals surface area contributed by atoms with Crippen LogP contribution in [-0.2, 0) is 6.54 Å². The summed E-state index contributed by atoms with van der Waals surface area (Å²) in [6.45, 7) is 4.15. The van der Waals surface area contributed by atoms with E-state index in [0.29, 0.717) is 22.9 Å². The SMILES string of the molecule is Cc1ccc(NCc2cc(Cl)ccc2O)c(C)c1O. The van der Waals surface area contributed by atoms with Gasteiger partial charge in [0.05, 0.1) is 0 Å². The van der Waals surface area contributed by atoms with Gasteiger partial charge in [0, 0.05) is 28.4 Å². The molecule has 100 valence electrons. The number of benzene rings is 2. The van der Waals surface area contributed by atoms with E-state index in [0.717, 1.165) is 16.8 Å². The molecule has 0 radical (unpaired) electrons. The van der Waals surface area contributed by atoms with Crippen LogP contribution in [0, 0.1) is 13.8 Å². The van der Waals surface area contributed by atoms with E-state index in [1.54, 1.807) is 18.2 Å². The summed E-state index contributed by atoms with van der Waals surface area (Å²) in [7, 11) is 0. The van der Waals surface area contributed by atoms with Crippen molar-refractivity contribution in [3.63, 3.8) is 0 Å². The minimum absolute atomic E-state index is 0.200. The van der Waals surface area contributed by atoms with E-state index >= 15 is 0 Å². The van der Waals surface area contributed by atoms with Crippen LogP contribution in [0.2, 0.25) is 5.02 Å². The normalized spacial score (nSPS) is 10.5. The Morgan fingerprint density at radius 1 is 1.11 bits per heavy atom. The monoisotopic (exact) mass is 277 g/mol. The second-order valence-electron chi connectivity index (χ2n) is 4.53. The maximum atomic E-state index is 9.87. The van der Waals surface area contributed by atoms with E-state index in [1.165, 1.54) is 0 Å². The summed E-state index contributed by atoms with van der Waals surface area (Å²) in [5.41, 5.74) is 3.18. The van der Waals surface area contributed by atoms with Gasteiger partial charge in [-0.2, -0.15) is 0 Å². The molecule has 0 aromatic heterocycles. The van der Waals surface area contributed by atoms with Gasteiger partial charge in [-0.15, -0.1) is 0 Å². The van der Waals surface area contributed by atoms with E-state index in [2.05, 4.69) is 5.32 Å². The molecule has 3 N–H and O–H groups in total. The number of anilines is 1. The van der Waals surface area contributed by atoms with Crippen molar-refractivity contribution in [2.75, 3.05) is 5.32 Å². The number of hydrogen-bond acceptors (Lipinski definition) is 3. The minimum Gasteiger partial charge on any atom is -0.508 e. The van der Waals surface area contributed by atoms with Crippen LogP contribution in [0.5, 0.6) is 11.5 Å². The van der Waals surface area contributed by atoms with Crippen molar-refractivity contribution in [2.45, 2.75) is 20.4 Å². The average Bonchev–Trinajstić information content (AvgIpc) is 2.39. The first-order chi connectivity index (χ1) is 8.99. The Balaban J connectivity index is 2.19. The van der Waals surface area contributed by atoms with Crippen molar-refractivity contribution in [1.29, 1.82) is 0 Å². The molecule has 2 aromatic carbocycles. The minimum atomic E-state index is 0.200. The number of phenolic OH excluding ortho intramolecular Hbond substituents is 2. The zero-order valence-corrected chi connectivity index (χ0v) is 11.6. The summed E-state index contributed by atoms with van der Waals surface area (Å²) in [5, 5.41) is 23.4. The van der Waals surface area contributed by atoms with Crippen LogP contribution >= 0.6 is 11.6 Å². The van der Waals surface area contributed by atoms with Crippen molar-refractivity contribution < 1.29 is 10.2 Å². The second kappa shape index (κ2) is 5.41. The molecular formula is C15H16ClNO2. The summed E-state index contributed by atoms with van der Waals surface area (Å²) in [6.07, 6.45) is 0. The highest BCUT2D eigenvalue weighted by molar-refractivity contribution is 6.30. The average molecular weight is 278 g/mol. The highest BCUT2D eigenvalue weighted by Gasteiger charge is 2.07. The number of aromatic hydroxyl groups is 2. The highest BCUT2D eigenvalue weighted by atomic mass is 35.5. The quantitative estimate of drug-likeness (QED) is 0.795. The molecule has 0 saturated carbocycles. The fourth-order valence-electron chi connectivity index (χ4n) is 1.91. The van der Waals surface area contributed by atoms with Crippen molar-refractivity contribution >= 4 is 17.3 Å². The predicted molar refractivity (Wildman–Crippen MR) is 78.0 cm³/mol. The molecule has 0 spiro atoms. The van der Waals surface area contributed by atoms with Crippen LogP contribution in [0.15, 0.2) is 30.3 Å². The number of aryl methyl sites for hydroxylation is 1. The van der Waals surface area contributed by atoms with Gasteiger partial charge in [-0.1, -0.05) is 17.7 Å². The fraction of sp³-hybridized carbons (Fsp3) is 0.200. The first-order valence-corrected chi connectivity index (χ1v) is 6.37. The van der Waals surface area contributed by atoms with Gasteiger partial charge in [-0.05, 0) is 43.7 Å². The molecular weight excluding hydrogens is 262 g/mol. The van der Waals surface area contributed by atoms with Gasteiger partial charge in [-0.25, -0.2) is 0 Å². The Kier molecular flexibility index (Phi) is 3.86. The van der Waals surface area contributed by atoms with E-state index in [1.807, 2.05) is 26.0 Å². The summed E-state index contributed by atoms with van der Waals surface area (Å²) in [4.78, 5) is 0. The molecule has 0 aliphatic carbocycles. The Labute approximate surface area is 117 Å². The zero-order valence-electron chi connectivity index (χ0n) is 10.9. The smallest absolute Gasteiger partial charge is 0.123 e. The van der Waals surface area contributed by atoms with Gasteiger partial charge < -0.3 is 15.5 Å². The van der Waals surface area contributed by atoms with E-state index in [9.17, 15) is 10.2 Å². The molecule has 4 heteroatoms. The van der Waals surface area contributed by atoms with Crippen LogP contribution in [0.1, 0.15) is 16.7 Å². The van der Waals surface area contributed by atoms with E-state index in [-0.39, 0.29) is 5.75 Å². The number of phenols is 2. The molecule has 3 nitrogen and oxygen atoms in total. The zero-order chi connectivity index (χ0) is 14.0. The summed E-state index contributed by atoms with van der Waals surface area (Å²) in [5.74, 6) is 0.492. The molecule has 0 fully saturated rings. The van der Waals surface area contributed by atoms with Gasteiger partial charge in [0.1, 0.15) is 11.5 Å². The Bertz CT molecular complexity index is 611. The first-order valence-electron chi connectivity index (χ1n) is 5.99. The molecule has 0 heterocycles. The van der Waals surface area contributed by atoms with Crippen LogP contribution in [-0.4, -0.2) is 10.2 Å². The van der Waals surface area contributed by atoms with Gasteiger partial charge in [-0.3, -0.25) is 0 Å². The molecule has 0 bridgehead atoms. The third kappa shape index (κ3) is 2.93. The van der Waals surface area contributed by atoms with Gasteiger partial charge in [0.25, 0.3) is 0 Å². The van der Waals surface area contributed by atoms with Crippen LogP contribution in [0.4, 0.5) is 5.69 Å². The van der Waals surface area contributed by atoms with Gasteiger partial charge in [0.15, 0.2) is 0 Å². The van der Waals surface area contributed by atoms with Crippen LogP contribution < -0.4 is 5.32 Å². The number of halogens is 1. The van der Waals surface area contributed by atoms with Gasteiger partial charge >= 0.3 is 0 Å². The Morgan fingerprint density at radius 2 is 1.84 bits per heavy atom. The third-order valence-corrected chi connectivity index (χ3v) is 3.38. The second-order valence-corrected chi connectivity index (χ2v) is 4.97. The molecule has 2 rings (SSSR count). The van der Waals surface area contributed by atoms with Crippen LogP contribution in [0.25, 0.3) is 0 Å². The third-order valence-electron chi connectivity index (χ3n) is 3.14. The maximum absolute atomic E-state index is 9.87. The molecule has 0 saturated heterocycles. The topological polar surface area (TPSA) is 52.5 Å². The molecule has 0 unspecified atom stereocenters. The Morgan fingerprint density at radius 3 is 2.58 bits per heavy atom. The largest absolute Gasteiger partial charge is 0.508 e. The molecule has 0 aliphatic rings. The fourth-order valence-corrected chi connectivity index (χ4v) is 2.11. The lowest BCUT2D eigenvalue weighted by Crippen LogP contribution is -2.01. The van der Waals surface area contributed by atoms with Crippen molar-refractivity contribution in [2.24, 2.45) is 0 Å². The summed E-state index contributed by atoms with van der Waals surface area (Å²) >= 11 is 5.90. The van der Waals surface area contributed by atoms with E-state index < -0.39 is 0 Å². The Hall–Kier alpha value is -1.87. The maximum Gasteiger partial charge on any atom is 0.123 e. The number of nitrogens with one attached hydrogen (secondary N) is 1. The summed E-state index contributed by atoms with van der Waals surface area (Å²) in [6, 6.07) is 8.68. The molecule has 2 aromatic rings. The number of rotatable bonds is 3. The molecule has 0 atom stereocenters. The summed E-state index contributed by atoms with van der Waals surface area (Å²) < 4.78 is 0. The lowest BCUT2D eigenvalue weighted by Gasteiger charge is -2.13. The lowest BCUT2D eigenvalue weighted by atomic mass is 10.1. The molecule has 19 heavy (non-hydrogen) atoms.